The predicted molar refractivity (Wildman–Crippen MR) is 80.1 cm³/mol. The van der Waals surface area contributed by atoms with E-state index in [-0.39, 0.29) is 19.2 Å². The maximum absolute atomic E-state index is 12.9. The molecule has 1 aliphatic rings. The Morgan fingerprint density at radius 2 is 2.21 bits per heavy atom. The zero-order valence-electron chi connectivity index (χ0n) is 13.0. The van der Waals surface area contributed by atoms with E-state index in [1.54, 1.807) is 0 Å². The number of piperidine rings is 1. The molecule has 0 aliphatic carbocycles. The molecule has 1 fully saturated rings. The Bertz CT molecular complexity index is 582. The van der Waals surface area contributed by atoms with Gasteiger partial charge in [-0.15, -0.1) is 0 Å². The number of aliphatic hydroxyl groups excluding tert-OH is 1. The second-order valence-corrected chi connectivity index (χ2v) is 5.61. The molecule has 4 N–H and O–H groups in total. The maximum atomic E-state index is 12.9. The molecule has 0 radical (unpaired) electrons. The van der Waals surface area contributed by atoms with Crippen LogP contribution < -0.4 is 11.1 Å². The van der Waals surface area contributed by atoms with Gasteiger partial charge in [0.2, 0.25) is 5.95 Å². The van der Waals surface area contributed by atoms with Crippen LogP contribution in [0.4, 0.5) is 19.1 Å². The summed E-state index contributed by atoms with van der Waals surface area (Å²) >= 11 is 0. The molecule has 7 nitrogen and oxygen atoms in total. The van der Waals surface area contributed by atoms with Crippen molar-refractivity contribution >= 4 is 11.9 Å². The van der Waals surface area contributed by atoms with Gasteiger partial charge in [0.25, 0.3) is 5.91 Å². The molecule has 10 heteroatoms. The number of nitrogens with zero attached hydrogens (tertiary/aromatic N) is 3. The van der Waals surface area contributed by atoms with Gasteiger partial charge in [-0.2, -0.15) is 13.2 Å². The van der Waals surface area contributed by atoms with E-state index < -0.39 is 29.3 Å². The van der Waals surface area contributed by atoms with Gasteiger partial charge in [-0.1, -0.05) is 6.42 Å². The standard InChI is InChI=1S/C14H20F3N5O2/c15-14(16,17)11-10(7-20-13(18)21-11)12(24)19-4-6-22-5-2-1-3-9(22)8-23/h7,9,23H,1-6,8H2,(H,19,24)(H2,18,20,21). The minimum Gasteiger partial charge on any atom is -0.395 e. The maximum Gasteiger partial charge on any atom is 0.434 e. The molecule has 0 bridgehead atoms. The average Bonchev–Trinajstić information content (AvgIpc) is 2.54. The van der Waals surface area contributed by atoms with Crippen molar-refractivity contribution in [3.63, 3.8) is 0 Å². The van der Waals surface area contributed by atoms with E-state index >= 15 is 0 Å². The van der Waals surface area contributed by atoms with Crippen molar-refractivity contribution in [1.29, 1.82) is 0 Å². The lowest BCUT2D eigenvalue weighted by molar-refractivity contribution is -0.141. The molecular formula is C14H20F3N5O2. The highest BCUT2D eigenvalue weighted by atomic mass is 19.4. The van der Waals surface area contributed by atoms with Crippen molar-refractivity contribution < 1.29 is 23.1 Å². The molecule has 0 aromatic carbocycles. The SMILES string of the molecule is Nc1ncc(C(=O)NCCN2CCCCC2CO)c(C(F)(F)F)n1. The lowest BCUT2D eigenvalue weighted by Gasteiger charge is -2.34. The number of hydrogen-bond acceptors (Lipinski definition) is 6. The van der Waals surface area contributed by atoms with Crippen molar-refractivity contribution in [2.24, 2.45) is 0 Å². The van der Waals surface area contributed by atoms with E-state index in [1.165, 1.54) is 0 Å². The number of rotatable bonds is 5. The van der Waals surface area contributed by atoms with Crippen LogP contribution in [0.3, 0.4) is 0 Å². The average molecular weight is 347 g/mol. The fourth-order valence-corrected chi connectivity index (χ4v) is 2.75. The van der Waals surface area contributed by atoms with E-state index in [2.05, 4.69) is 15.3 Å². The van der Waals surface area contributed by atoms with E-state index in [4.69, 9.17) is 5.73 Å². The molecule has 134 valence electrons. The molecule has 24 heavy (non-hydrogen) atoms. The topological polar surface area (TPSA) is 104 Å². The highest BCUT2D eigenvalue weighted by Gasteiger charge is 2.38. The number of amides is 1. The summed E-state index contributed by atoms with van der Waals surface area (Å²) in [5, 5.41) is 11.8. The van der Waals surface area contributed by atoms with Crippen molar-refractivity contribution in [2.45, 2.75) is 31.5 Å². The number of halogens is 3. The Morgan fingerprint density at radius 3 is 2.88 bits per heavy atom. The summed E-state index contributed by atoms with van der Waals surface area (Å²) < 4.78 is 38.8. The van der Waals surface area contributed by atoms with Crippen LogP contribution in [-0.2, 0) is 6.18 Å². The molecule has 1 aliphatic heterocycles. The first-order valence-corrected chi connectivity index (χ1v) is 7.65. The quantitative estimate of drug-likeness (QED) is 0.723. The summed E-state index contributed by atoms with van der Waals surface area (Å²) in [6, 6.07) is 0.0289. The van der Waals surface area contributed by atoms with Crippen LogP contribution in [0.1, 0.15) is 35.3 Å². The van der Waals surface area contributed by atoms with Crippen LogP contribution in [0.15, 0.2) is 6.20 Å². The van der Waals surface area contributed by atoms with E-state index in [0.717, 1.165) is 32.0 Å². The number of likely N-dealkylation sites (tertiary alicyclic amines) is 1. The van der Waals surface area contributed by atoms with Gasteiger partial charge in [0.05, 0.1) is 12.2 Å². The van der Waals surface area contributed by atoms with E-state index in [9.17, 15) is 23.1 Å². The van der Waals surface area contributed by atoms with Gasteiger partial charge < -0.3 is 16.2 Å². The number of alkyl halides is 3. The van der Waals surface area contributed by atoms with Gasteiger partial charge >= 0.3 is 6.18 Å². The largest absolute Gasteiger partial charge is 0.434 e. The van der Waals surface area contributed by atoms with Crippen LogP contribution in [-0.4, -0.2) is 58.2 Å². The Balaban J connectivity index is 1.98. The summed E-state index contributed by atoms with van der Waals surface area (Å²) in [5.74, 6) is -1.45. The summed E-state index contributed by atoms with van der Waals surface area (Å²) in [6.45, 7) is 1.43. The van der Waals surface area contributed by atoms with Crippen molar-refractivity contribution in [1.82, 2.24) is 20.2 Å². The number of hydrogen-bond donors (Lipinski definition) is 3. The molecule has 1 atom stereocenters. The summed E-state index contributed by atoms with van der Waals surface area (Å²) in [4.78, 5) is 20.6. The van der Waals surface area contributed by atoms with Gasteiger partial charge in [-0.25, -0.2) is 9.97 Å². The third-order valence-corrected chi connectivity index (χ3v) is 3.96. The van der Waals surface area contributed by atoms with E-state index in [0.29, 0.717) is 6.54 Å². The summed E-state index contributed by atoms with van der Waals surface area (Å²) in [5.41, 5.74) is 3.16. The Morgan fingerprint density at radius 1 is 1.46 bits per heavy atom. The second-order valence-electron chi connectivity index (χ2n) is 5.61. The van der Waals surface area contributed by atoms with Gasteiger partial charge in [-0.3, -0.25) is 9.69 Å². The molecule has 2 rings (SSSR count). The number of nitrogens with one attached hydrogen (secondary N) is 1. The van der Waals surface area contributed by atoms with Crippen LogP contribution in [0.5, 0.6) is 0 Å². The second kappa shape index (κ2) is 7.75. The van der Waals surface area contributed by atoms with Gasteiger partial charge in [0.1, 0.15) is 0 Å². The molecule has 0 spiro atoms. The van der Waals surface area contributed by atoms with Crippen molar-refractivity contribution in [3.05, 3.63) is 17.5 Å². The minimum absolute atomic E-state index is 0.0258. The molecule has 1 saturated heterocycles. The number of nitrogens with two attached hydrogens (primary N) is 1. The van der Waals surface area contributed by atoms with Crippen molar-refractivity contribution in [2.75, 3.05) is 32.0 Å². The first-order chi connectivity index (χ1) is 11.3. The molecule has 1 amide bonds. The van der Waals surface area contributed by atoms with Gasteiger partial charge in [0.15, 0.2) is 5.69 Å². The third kappa shape index (κ3) is 4.54. The van der Waals surface area contributed by atoms with E-state index in [1.807, 2.05) is 4.90 Å². The zero-order valence-corrected chi connectivity index (χ0v) is 13.0. The number of carbonyl (C=O) groups is 1. The molecule has 1 unspecified atom stereocenters. The molecule has 0 saturated carbocycles. The fourth-order valence-electron chi connectivity index (χ4n) is 2.75. The first kappa shape index (κ1) is 18.4. The fraction of sp³-hybridized carbons (Fsp3) is 0.643. The highest BCUT2D eigenvalue weighted by molar-refractivity contribution is 5.95. The van der Waals surface area contributed by atoms with Crippen LogP contribution in [0.2, 0.25) is 0 Å². The number of anilines is 1. The minimum atomic E-state index is -4.79. The van der Waals surface area contributed by atoms with Crippen LogP contribution >= 0.6 is 0 Å². The third-order valence-electron chi connectivity index (χ3n) is 3.96. The first-order valence-electron chi connectivity index (χ1n) is 7.65. The smallest absolute Gasteiger partial charge is 0.395 e. The molecular weight excluding hydrogens is 327 g/mol. The summed E-state index contributed by atoms with van der Waals surface area (Å²) in [7, 11) is 0. The van der Waals surface area contributed by atoms with Crippen LogP contribution in [0, 0.1) is 0 Å². The lowest BCUT2D eigenvalue weighted by Crippen LogP contribution is -2.45. The molecule has 1 aromatic rings. The van der Waals surface area contributed by atoms with Crippen molar-refractivity contribution in [3.8, 4) is 0 Å². The van der Waals surface area contributed by atoms with Crippen LogP contribution in [0.25, 0.3) is 0 Å². The highest BCUT2D eigenvalue weighted by Crippen LogP contribution is 2.30. The number of aromatic nitrogens is 2. The lowest BCUT2D eigenvalue weighted by atomic mass is 10.0. The molecule has 1 aromatic heterocycles. The Hall–Kier alpha value is -1.94. The molecule has 2 heterocycles. The van der Waals surface area contributed by atoms with Gasteiger partial charge in [0, 0.05) is 25.3 Å². The predicted octanol–water partition coefficient (Wildman–Crippen LogP) is 0.654. The normalized spacial score (nSPS) is 19.2. The number of nitrogen functional groups attached to an aromatic ring is 1. The zero-order chi connectivity index (χ0) is 17.7. The Kier molecular flexibility index (Phi) is 5.94. The number of aliphatic hydroxyl groups is 1. The monoisotopic (exact) mass is 347 g/mol. The number of carbonyl (C=O) groups excluding carboxylic acids is 1. The Labute approximate surface area is 137 Å². The van der Waals surface area contributed by atoms with Gasteiger partial charge in [-0.05, 0) is 19.4 Å². The summed E-state index contributed by atoms with van der Waals surface area (Å²) in [6.07, 6.45) is -1.12.